The van der Waals surface area contributed by atoms with E-state index < -0.39 is 17.4 Å². The van der Waals surface area contributed by atoms with Crippen LogP contribution in [0.5, 0.6) is 0 Å². The van der Waals surface area contributed by atoms with Gasteiger partial charge in [0.05, 0.1) is 12.2 Å². The van der Waals surface area contributed by atoms with Crippen molar-refractivity contribution < 1.29 is 19.4 Å². The molecular weight excluding hydrogens is 248 g/mol. The van der Waals surface area contributed by atoms with Crippen molar-refractivity contribution in [1.29, 1.82) is 0 Å². The highest BCUT2D eigenvalue weighted by atomic mass is 16.5. The topological polar surface area (TPSA) is 102 Å². The van der Waals surface area contributed by atoms with Gasteiger partial charge in [0.2, 0.25) is 0 Å². The van der Waals surface area contributed by atoms with Gasteiger partial charge in [-0.2, -0.15) is 0 Å². The molecule has 1 aliphatic heterocycles. The van der Waals surface area contributed by atoms with Gasteiger partial charge >= 0.3 is 5.97 Å². The van der Waals surface area contributed by atoms with Crippen LogP contribution in [0.4, 0.5) is 5.69 Å². The number of amides is 1. The molecule has 1 aliphatic rings. The molecule has 1 saturated heterocycles. The minimum absolute atomic E-state index is 0.0640. The summed E-state index contributed by atoms with van der Waals surface area (Å²) in [5, 5.41) is 12.3. The molecule has 6 heteroatoms. The lowest BCUT2D eigenvalue weighted by atomic mass is 9.97. The number of hydrogen-bond acceptors (Lipinski definition) is 4. The number of aliphatic carboxylic acids is 1. The summed E-state index contributed by atoms with van der Waals surface area (Å²) < 4.78 is 5.17. The number of carboxylic acid groups (broad SMARTS) is 1. The van der Waals surface area contributed by atoms with Crippen LogP contribution in [-0.2, 0) is 9.53 Å². The Bertz CT molecular complexity index is 521. The maximum absolute atomic E-state index is 11.4. The van der Waals surface area contributed by atoms with Gasteiger partial charge in [0.1, 0.15) is 0 Å². The van der Waals surface area contributed by atoms with E-state index in [4.69, 9.17) is 10.5 Å². The van der Waals surface area contributed by atoms with Crippen molar-refractivity contribution in [3.63, 3.8) is 0 Å². The highest BCUT2D eigenvalue weighted by Crippen LogP contribution is 2.27. The molecule has 0 bridgehead atoms. The smallest absolute Gasteiger partial charge is 0.331 e. The number of nitrogens with one attached hydrogen (secondary N) is 1. The Morgan fingerprint density at radius 2 is 2.21 bits per heavy atom. The fraction of sp³-hybridized carbons (Fsp3) is 0.385. The lowest BCUT2D eigenvalue weighted by Crippen LogP contribution is -2.47. The van der Waals surface area contributed by atoms with E-state index in [0.717, 1.165) is 5.56 Å². The van der Waals surface area contributed by atoms with Crippen LogP contribution in [0.1, 0.15) is 22.3 Å². The second kappa shape index (κ2) is 4.89. The van der Waals surface area contributed by atoms with E-state index in [1.165, 1.54) is 0 Å². The summed E-state index contributed by atoms with van der Waals surface area (Å²) in [6.07, 6.45) is 0.342. The van der Waals surface area contributed by atoms with Gasteiger partial charge in [-0.15, -0.1) is 0 Å². The van der Waals surface area contributed by atoms with Crippen molar-refractivity contribution in [2.75, 3.05) is 18.5 Å². The molecule has 1 aromatic carbocycles. The number of anilines is 1. The molecule has 19 heavy (non-hydrogen) atoms. The monoisotopic (exact) mass is 264 g/mol. The van der Waals surface area contributed by atoms with Crippen molar-refractivity contribution in [3.8, 4) is 0 Å². The van der Waals surface area contributed by atoms with Crippen LogP contribution in [0.3, 0.4) is 0 Å². The Kier molecular flexibility index (Phi) is 3.44. The first kappa shape index (κ1) is 13.4. The summed E-state index contributed by atoms with van der Waals surface area (Å²) in [4.78, 5) is 22.8. The number of primary amides is 1. The second-order valence-electron chi connectivity index (χ2n) is 4.73. The second-order valence-corrected chi connectivity index (χ2v) is 4.73. The summed E-state index contributed by atoms with van der Waals surface area (Å²) in [6, 6.07) is 5.05. The lowest BCUT2D eigenvalue weighted by molar-refractivity contribution is -0.142. The molecule has 1 aromatic rings. The molecule has 0 aromatic heterocycles. The number of rotatable bonds is 4. The summed E-state index contributed by atoms with van der Waals surface area (Å²) in [5.74, 6) is -1.59. The number of nitrogens with two attached hydrogens (primary N) is 1. The van der Waals surface area contributed by atoms with E-state index in [1.807, 2.05) is 6.92 Å². The molecule has 1 fully saturated rings. The first-order chi connectivity index (χ1) is 8.94. The van der Waals surface area contributed by atoms with Gasteiger partial charge in [-0.05, 0) is 24.6 Å². The van der Waals surface area contributed by atoms with Crippen molar-refractivity contribution in [1.82, 2.24) is 0 Å². The average Bonchev–Trinajstić information content (AvgIpc) is 2.78. The fourth-order valence-electron chi connectivity index (χ4n) is 2.12. The summed E-state index contributed by atoms with van der Waals surface area (Å²) >= 11 is 0. The number of benzene rings is 1. The molecule has 1 heterocycles. The number of hydrogen-bond donors (Lipinski definition) is 3. The molecule has 2 rings (SSSR count). The molecule has 0 radical (unpaired) electrons. The molecule has 0 saturated carbocycles. The highest BCUT2D eigenvalue weighted by Gasteiger charge is 2.43. The largest absolute Gasteiger partial charge is 0.479 e. The Balaban J connectivity index is 2.39. The van der Waals surface area contributed by atoms with Gasteiger partial charge in [0.25, 0.3) is 5.91 Å². The lowest BCUT2D eigenvalue weighted by Gasteiger charge is -2.26. The van der Waals surface area contributed by atoms with Gasteiger partial charge in [-0.3, -0.25) is 4.79 Å². The maximum Gasteiger partial charge on any atom is 0.331 e. The highest BCUT2D eigenvalue weighted by molar-refractivity contribution is 5.99. The van der Waals surface area contributed by atoms with Crippen LogP contribution in [0.2, 0.25) is 0 Å². The first-order valence-electron chi connectivity index (χ1n) is 5.94. The molecule has 0 aliphatic carbocycles. The Morgan fingerprint density at radius 3 is 2.74 bits per heavy atom. The van der Waals surface area contributed by atoms with Crippen LogP contribution in [0, 0.1) is 6.92 Å². The average molecular weight is 264 g/mol. The number of carbonyl (C=O) groups excluding carboxylic acids is 1. The van der Waals surface area contributed by atoms with Crippen LogP contribution in [-0.4, -0.2) is 35.7 Å². The molecule has 0 spiro atoms. The number of aryl methyl sites for hydroxylation is 1. The van der Waals surface area contributed by atoms with Crippen LogP contribution >= 0.6 is 0 Å². The Hall–Kier alpha value is -2.08. The number of carboxylic acids is 1. The maximum atomic E-state index is 11.4. The van der Waals surface area contributed by atoms with Gasteiger partial charge in [0.15, 0.2) is 5.54 Å². The third kappa shape index (κ3) is 2.53. The van der Waals surface area contributed by atoms with E-state index in [-0.39, 0.29) is 12.2 Å². The Morgan fingerprint density at radius 1 is 1.47 bits per heavy atom. The minimum atomic E-state index is -1.20. The van der Waals surface area contributed by atoms with E-state index in [9.17, 15) is 14.7 Å². The van der Waals surface area contributed by atoms with Crippen LogP contribution in [0.25, 0.3) is 0 Å². The standard InChI is InChI=1S/C13H16N2O4/c1-8-2-3-9(11(14)16)10(6-8)15-13(12(17)18)4-5-19-7-13/h2-3,6,15H,4-5,7H2,1H3,(H2,14,16)(H,17,18). The van der Waals surface area contributed by atoms with Crippen molar-refractivity contribution in [2.24, 2.45) is 5.73 Å². The summed E-state index contributed by atoms with van der Waals surface area (Å²) in [5.41, 5.74) is 5.72. The predicted octanol–water partition coefficient (Wildman–Crippen LogP) is 0.750. The summed E-state index contributed by atoms with van der Waals surface area (Å²) in [7, 11) is 0. The molecule has 1 unspecified atom stereocenters. The number of carbonyl (C=O) groups is 2. The SMILES string of the molecule is Cc1ccc(C(N)=O)c(NC2(C(=O)O)CCOC2)c1. The molecule has 1 atom stereocenters. The predicted molar refractivity (Wildman–Crippen MR) is 69.1 cm³/mol. The van der Waals surface area contributed by atoms with Crippen molar-refractivity contribution in [3.05, 3.63) is 29.3 Å². The minimum Gasteiger partial charge on any atom is -0.479 e. The van der Waals surface area contributed by atoms with Gasteiger partial charge in [0, 0.05) is 18.7 Å². The first-order valence-corrected chi connectivity index (χ1v) is 5.94. The zero-order valence-corrected chi connectivity index (χ0v) is 10.6. The molecule has 102 valence electrons. The van der Waals surface area contributed by atoms with E-state index >= 15 is 0 Å². The summed E-state index contributed by atoms with van der Waals surface area (Å²) in [6.45, 7) is 2.29. The molecule has 1 amide bonds. The third-order valence-electron chi connectivity index (χ3n) is 3.25. The zero-order valence-electron chi connectivity index (χ0n) is 10.6. The normalized spacial score (nSPS) is 22.2. The molecular formula is C13H16N2O4. The van der Waals surface area contributed by atoms with Gasteiger partial charge < -0.3 is 20.9 Å². The number of ether oxygens (including phenoxy) is 1. The van der Waals surface area contributed by atoms with E-state index in [2.05, 4.69) is 5.32 Å². The third-order valence-corrected chi connectivity index (χ3v) is 3.25. The van der Waals surface area contributed by atoms with Gasteiger partial charge in [-0.1, -0.05) is 6.07 Å². The van der Waals surface area contributed by atoms with E-state index in [1.54, 1.807) is 18.2 Å². The Labute approximate surface area is 110 Å². The quantitative estimate of drug-likeness (QED) is 0.744. The van der Waals surface area contributed by atoms with Crippen LogP contribution in [0.15, 0.2) is 18.2 Å². The van der Waals surface area contributed by atoms with E-state index in [0.29, 0.717) is 18.7 Å². The molecule has 6 nitrogen and oxygen atoms in total. The van der Waals surface area contributed by atoms with Crippen molar-refractivity contribution in [2.45, 2.75) is 18.9 Å². The van der Waals surface area contributed by atoms with Gasteiger partial charge in [-0.25, -0.2) is 4.79 Å². The fourth-order valence-corrected chi connectivity index (χ4v) is 2.12. The van der Waals surface area contributed by atoms with Crippen molar-refractivity contribution >= 4 is 17.6 Å². The zero-order chi connectivity index (χ0) is 14.0. The van der Waals surface area contributed by atoms with Crippen LogP contribution < -0.4 is 11.1 Å². The molecule has 4 N–H and O–H groups in total.